The summed E-state index contributed by atoms with van der Waals surface area (Å²) in [6.45, 7) is 0. The average molecular weight is 141 g/mol. The molecule has 7 heteroatoms. The van der Waals surface area contributed by atoms with E-state index in [4.69, 9.17) is 8.76 Å². The summed E-state index contributed by atoms with van der Waals surface area (Å²) in [5, 5.41) is 0. The van der Waals surface area contributed by atoms with Crippen LogP contribution < -0.4 is 0 Å². The van der Waals surface area contributed by atoms with E-state index < -0.39 is 16.6 Å². The van der Waals surface area contributed by atoms with Crippen molar-refractivity contribution in [2.45, 2.75) is 5.51 Å². The fraction of sp³-hybridized carbons (Fsp3) is 1.00. The van der Waals surface area contributed by atoms with Crippen molar-refractivity contribution in [3.05, 3.63) is 0 Å². The van der Waals surface area contributed by atoms with Crippen molar-refractivity contribution in [2.75, 3.05) is 0 Å². The third-order valence-electron chi connectivity index (χ3n) is 0.198. The van der Waals surface area contributed by atoms with Gasteiger partial charge >= 0.3 is 5.51 Å². The van der Waals surface area contributed by atoms with Crippen LogP contribution in [-0.2, 0) is 11.1 Å². The molecule has 0 aliphatic heterocycles. The summed E-state index contributed by atoms with van der Waals surface area (Å²) < 4.78 is 48.1. The topological polar surface area (TPSA) is 37.3 Å². The monoisotopic (exact) mass is 141 g/mol. The third kappa shape index (κ3) is 4.65. The van der Waals surface area contributed by atoms with Crippen molar-refractivity contribution >= 4 is 29.9 Å². The molecule has 0 heterocycles. The molecule has 1 atom stereocenters. The van der Waals surface area contributed by atoms with E-state index in [1.54, 1.807) is 0 Å². The van der Waals surface area contributed by atoms with E-state index >= 15 is 0 Å². The molecule has 8 heavy (non-hydrogen) atoms. The van der Waals surface area contributed by atoms with Crippen molar-refractivity contribution in [3.8, 4) is 0 Å². The number of hydrogen-bond donors (Lipinski definition) is 1. The molecule has 0 saturated carbocycles. The van der Waals surface area contributed by atoms with Gasteiger partial charge in [0.25, 0.3) is 11.1 Å². The molecule has 1 N–H and O–H groups in total. The molecule has 0 amide bonds. The standard InChI is InChI=1S/CHF3O2S.Li/c2-1(3,4)7(5)6;/h(H,5,6);. The Labute approximate surface area is 57.9 Å². The molecule has 0 aliphatic carbocycles. The first-order chi connectivity index (χ1) is 2.94. The second-order valence-corrected chi connectivity index (χ2v) is 1.66. The normalized spacial score (nSPS) is 14.5. The second-order valence-electron chi connectivity index (χ2n) is 0.695. The number of alkyl halides is 3. The minimum absolute atomic E-state index is 0. The molecule has 45 valence electrons. The predicted molar refractivity (Wildman–Crippen MR) is 22.6 cm³/mol. The van der Waals surface area contributed by atoms with E-state index in [2.05, 4.69) is 0 Å². The van der Waals surface area contributed by atoms with Crippen LogP contribution in [0.25, 0.3) is 0 Å². The minimum atomic E-state index is -4.97. The van der Waals surface area contributed by atoms with Gasteiger partial charge in [-0.05, 0) is 0 Å². The van der Waals surface area contributed by atoms with Crippen molar-refractivity contribution in [1.82, 2.24) is 0 Å². The second kappa shape index (κ2) is 3.51. The Bertz CT molecular complexity index is 89.8. The molecule has 1 unspecified atom stereocenters. The van der Waals surface area contributed by atoms with Gasteiger partial charge in [0.2, 0.25) is 0 Å². The Morgan fingerprint density at radius 2 is 1.50 bits per heavy atom. The Hall–Kier alpha value is 0.497. The van der Waals surface area contributed by atoms with Gasteiger partial charge in [0.1, 0.15) is 0 Å². The molecule has 0 spiro atoms. The van der Waals surface area contributed by atoms with Crippen LogP contribution in [0.5, 0.6) is 0 Å². The zero-order valence-electron chi connectivity index (χ0n) is 3.90. The molecule has 0 fully saturated rings. The van der Waals surface area contributed by atoms with Crippen molar-refractivity contribution < 1.29 is 21.9 Å². The van der Waals surface area contributed by atoms with Gasteiger partial charge in [-0.1, -0.05) is 0 Å². The number of hydrogen-bond acceptors (Lipinski definition) is 1. The van der Waals surface area contributed by atoms with E-state index in [0.29, 0.717) is 0 Å². The van der Waals surface area contributed by atoms with Crippen LogP contribution in [0, 0.1) is 0 Å². The molecular formula is CHF3LiO2S. The van der Waals surface area contributed by atoms with Gasteiger partial charge < -0.3 is 0 Å². The SMILES string of the molecule is O=S(O)C(F)(F)F.[Li]. The Morgan fingerprint density at radius 1 is 1.38 bits per heavy atom. The van der Waals surface area contributed by atoms with E-state index in [0.717, 1.165) is 0 Å². The van der Waals surface area contributed by atoms with Crippen LogP contribution >= 0.6 is 0 Å². The molecule has 0 aromatic rings. The zero-order chi connectivity index (χ0) is 6.08. The molecule has 0 aromatic carbocycles. The Morgan fingerprint density at radius 3 is 1.50 bits per heavy atom. The summed E-state index contributed by atoms with van der Waals surface area (Å²) in [6, 6.07) is 0. The minimum Gasteiger partial charge on any atom is -0.299 e. The number of rotatable bonds is 0. The van der Waals surface area contributed by atoms with Gasteiger partial charge in [-0.25, -0.2) is 4.21 Å². The first kappa shape index (κ1) is 11.3. The fourth-order valence-electron chi connectivity index (χ4n) is 0. The van der Waals surface area contributed by atoms with Gasteiger partial charge in [0.15, 0.2) is 0 Å². The smallest absolute Gasteiger partial charge is 0.299 e. The molecule has 0 saturated heterocycles. The average Bonchev–Trinajstić information content (AvgIpc) is 1.31. The largest absolute Gasteiger partial charge is 0.496 e. The predicted octanol–water partition coefficient (Wildman–Crippen LogP) is 0.347. The van der Waals surface area contributed by atoms with Gasteiger partial charge in [-0.3, -0.25) is 4.55 Å². The van der Waals surface area contributed by atoms with Crippen LogP contribution in [0.1, 0.15) is 0 Å². The van der Waals surface area contributed by atoms with Crippen LogP contribution in [0.3, 0.4) is 0 Å². The van der Waals surface area contributed by atoms with Crippen LogP contribution in [0.15, 0.2) is 0 Å². The van der Waals surface area contributed by atoms with Crippen molar-refractivity contribution in [3.63, 3.8) is 0 Å². The summed E-state index contributed by atoms with van der Waals surface area (Å²) in [6.07, 6.45) is 0. The Kier molecular flexibility index (Phi) is 4.96. The van der Waals surface area contributed by atoms with Crippen LogP contribution in [-0.4, -0.2) is 33.1 Å². The fourth-order valence-corrected chi connectivity index (χ4v) is 0. The van der Waals surface area contributed by atoms with Crippen LogP contribution in [0.4, 0.5) is 13.2 Å². The zero-order valence-corrected chi connectivity index (χ0v) is 4.71. The molecule has 2 nitrogen and oxygen atoms in total. The summed E-state index contributed by atoms with van der Waals surface area (Å²) in [5.74, 6) is 0. The summed E-state index contributed by atoms with van der Waals surface area (Å²) in [5.41, 5.74) is -4.97. The van der Waals surface area contributed by atoms with E-state index in [1.165, 1.54) is 0 Å². The van der Waals surface area contributed by atoms with E-state index in [9.17, 15) is 13.2 Å². The van der Waals surface area contributed by atoms with E-state index in [-0.39, 0.29) is 18.9 Å². The third-order valence-corrected chi connectivity index (χ3v) is 0.594. The maximum Gasteiger partial charge on any atom is 0.496 e. The van der Waals surface area contributed by atoms with Crippen molar-refractivity contribution in [2.24, 2.45) is 0 Å². The summed E-state index contributed by atoms with van der Waals surface area (Å²) >= 11 is -3.68. The summed E-state index contributed by atoms with van der Waals surface area (Å²) in [7, 11) is 0. The molecule has 0 rings (SSSR count). The number of halogens is 3. The molecule has 0 bridgehead atoms. The van der Waals surface area contributed by atoms with E-state index in [1.807, 2.05) is 0 Å². The molecule has 0 aromatic heterocycles. The van der Waals surface area contributed by atoms with Crippen LogP contribution in [0.2, 0.25) is 0 Å². The molecular weight excluding hydrogens is 140 g/mol. The van der Waals surface area contributed by atoms with Gasteiger partial charge in [-0.2, -0.15) is 13.2 Å². The van der Waals surface area contributed by atoms with Gasteiger partial charge in [0.05, 0.1) is 0 Å². The van der Waals surface area contributed by atoms with Gasteiger partial charge in [0, 0.05) is 18.9 Å². The maximum absolute atomic E-state index is 10.6. The molecule has 1 radical (unpaired) electrons. The first-order valence-electron chi connectivity index (χ1n) is 1.12. The summed E-state index contributed by atoms with van der Waals surface area (Å²) in [4.78, 5) is 0. The Balaban J connectivity index is 0. The molecule has 0 aliphatic rings. The first-order valence-corrected chi connectivity index (χ1v) is 2.23. The van der Waals surface area contributed by atoms with Crippen molar-refractivity contribution in [1.29, 1.82) is 0 Å². The maximum atomic E-state index is 10.6. The quantitative estimate of drug-likeness (QED) is 0.390. The van der Waals surface area contributed by atoms with Gasteiger partial charge in [-0.15, -0.1) is 0 Å².